The Bertz CT molecular complexity index is 1550. The fraction of sp³-hybridized carbons (Fsp3) is 0.148. The minimum atomic E-state index is -0.412. The second-order valence-corrected chi connectivity index (χ2v) is 8.57. The summed E-state index contributed by atoms with van der Waals surface area (Å²) in [6, 6.07) is 16.9. The number of aromatic nitrogens is 5. The standard InChI is InChI=1S/C27H23ClN6O3/c1-2-37-27(35)17-8-9-20(30-12-17)14-36-15-22-26(29)33-24(16-6-4-3-5-7-16)25(32-22)18-10-19-13-31-34-23(19)21(28)11-18/h3-13H,2,14-15H2,1H3,(H2,29,33)(H,31,34). The Labute approximate surface area is 217 Å². The van der Waals surface area contributed by atoms with Crippen molar-refractivity contribution >= 4 is 34.3 Å². The van der Waals surface area contributed by atoms with Crippen molar-refractivity contribution in [2.24, 2.45) is 0 Å². The first-order chi connectivity index (χ1) is 18.0. The van der Waals surface area contributed by atoms with Crippen molar-refractivity contribution < 1.29 is 14.3 Å². The molecule has 0 spiro atoms. The molecule has 10 heteroatoms. The topological polar surface area (TPSA) is 129 Å². The van der Waals surface area contributed by atoms with E-state index in [2.05, 4.69) is 15.2 Å². The van der Waals surface area contributed by atoms with E-state index in [4.69, 9.17) is 36.8 Å². The zero-order chi connectivity index (χ0) is 25.8. The molecule has 2 aromatic carbocycles. The van der Waals surface area contributed by atoms with Gasteiger partial charge in [-0.25, -0.2) is 14.8 Å². The summed E-state index contributed by atoms with van der Waals surface area (Å²) in [5.74, 6) is -0.144. The minimum Gasteiger partial charge on any atom is -0.462 e. The zero-order valence-corrected chi connectivity index (χ0v) is 20.7. The molecule has 0 fully saturated rings. The molecule has 186 valence electrons. The highest BCUT2D eigenvalue weighted by atomic mass is 35.5. The van der Waals surface area contributed by atoms with Crippen LogP contribution in [-0.2, 0) is 22.7 Å². The number of fused-ring (bicyclic) bond motifs is 1. The molecule has 9 nitrogen and oxygen atoms in total. The first-order valence-corrected chi connectivity index (χ1v) is 12.0. The van der Waals surface area contributed by atoms with Gasteiger partial charge in [0.05, 0.1) is 59.2 Å². The number of nitrogens with zero attached hydrogens (tertiary/aromatic N) is 4. The highest BCUT2D eigenvalue weighted by Gasteiger charge is 2.18. The van der Waals surface area contributed by atoms with E-state index in [1.807, 2.05) is 42.5 Å². The van der Waals surface area contributed by atoms with Gasteiger partial charge in [-0.15, -0.1) is 0 Å². The number of carbonyl (C=O) groups is 1. The zero-order valence-electron chi connectivity index (χ0n) is 19.9. The summed E-state index contributed by atoms with van der Waals surface area (Å²) in [6.45, 7) is 2.38. The molecule has 5 aromatic rings. The SMILES string of the molecule is CCOC(=O)c1ccc(COCc2nc(-c3cc(Cl)c4[nH]ncc4c3)c(-c3ccccc3)nc2N)nc1. The Hall–Kier alpha value is -4.34. The Morgan fingerprint density at radius 1 is 1.00 bits per heavy atom. The molecule has 0 unspecified atom stereocenters. The van der Waals surface area contributed by atoms with Crippen LogP contribution >= 0.6 is 11.6 Å². The number of nitrogens with two attached hydrogens (primary N) is 1. The van der Waals surface area contributed by atoms with Crippen molar-refractivity contribution in [3.8, 4) is 22.5 Å². The van der Waals surface area contributed by atoms with E-state index in [1.54, 1.807) is 25.3 Å². The number of H-pyrrole nitrogens is 1. The Balaban J connectivity index is 1.43. The average Bonchev–Trinajstić information content (AvgIpc) is 3.40. The lowest BCUT2D eigenvalue weighted by Gasteiger charge is -2.14. The summed E-state index contributed by atoms with van der Waals surface area (Å²) in [6.07, 6.45) is 3.18. The first-order valence-electron chi connectivity index (χ1n) is 11.6. The summed E-state index contributed by atoms with van der Waals surface area (Å²) in [5, 5.41) is 8.37. The summed E-state index contributed by atoms with van der Waals surface area (Å²) >= 11 is 6.52. The van der Waals surface area contributed by atoms with E-state index in [-0.39, 0.29) is 19.0 Å². The van der Waals surface area contributed by atoms with Crippen LogP contribution < -0.4 is 5.73 Å². The number of ether oxygens (including phenoxy) is 2. The van der Waals surface area contributed by atoms with E-state index in [1.165, 1.54) is 6.20 Å². The van der Waals surface area contributed by atoms with Crippen LogP contribution in [0.4, 0.5) is 5.82 Å². The van der Waals surface area contributed by atoms with Gasteiger partial charge in [-0.1, -0.05) is 41.9 Å². The molecule has 0 saturated carbocycles. The van der Waals surface area contributed by atoms with Crippen LogP contribution in [0, 0.1) is 0 Å². The van der Waals surface area contributed by atoms with Crippen molar-refractivity contribution in [1.82, 2.24) is 25.1 Å². The van der Waals surface area contributed by atoms with Gasteiger partial charge in [0.25, 0.3) is 0 Å². The Morgan fingerprint density at radius 3 is 2.57 bits per heavy atom. The number of aromatic amines is 1. The molecular formula is C27H23ClN6O3. The first kappa shape index (κ1) is 24.4. The Kier molecular flexibility index (Phi) is 7.07. The number of rotatable bonds is 8. The van der Waals surface area contributed by atoms with E-state index in [0.29, 0.717) is 40.0 Å². The van der Waals surface area contributed by atoms with Gasteiger partial charge in [0.2, 0.25) is 0 Å². The molecule has 3 heterocycles. The third-order valence-corrected chi connectivity index (χ3v) is 5.94. The van der Waals surface area contributed by atoms with Crippen molar-refractivity contribution in [2.45, 2.75) is 20.1 Å². The number of esters is 1. The fourth-order valence-electron chi connectivity index (χ4n) is 3.84. The molecule has 0 saturated heterocycles. The molecule has 0 aliphatic rings. The summed E-state index contributed by atoms with van der Waals surface area (Å²) in [4.78, 5) is 25.6. The summed E-state index contributed by atoms with van der Waals surface area (Å²) in [5.41, 5.74) is 11.5. The number of nitrogen functional groups attached to an aromatic ring is 1. The van der Waals surface area contributed by atoms with Crippen LogP contribution in [0.2, 0.25) is 5.02 Å². The quantitative estimate of drug-likeness (QED) is 0.270. The summed E-state index contributed by atoms with van der Waals surface area (Å²) in [7, 11) is 0. The van der Waals surface area contributed by atoms with Gasteiger partial charge in [0.1, 0.15) is 11.5 Å². The smallest absolute Gasteiger partial charge is 0.339 e. The van der Waals surface area contributed by atoms with Crippen molar-refractivity contribution in [1.29, 1.82) is 0 Å². The molecular weight excluding hydrogens is 492 g/mol. The van der Waals surface area contributed by atoms with Gasteiger partial charge in [-0.2, -0.15) is 5.10 Å². The normalized spacial score (nSPS) is 11.1. The molecule has 5 rings (SSSR count). The van der Waals surface area contributed by atoms with Gasteiger partial charge in [0.15, 0.2) is 0 Å². The van der Waals surface area contributed by atoms with Crippen LogP contribution in [0.3, 0.4) is 0 Å². The van der Waals surface area contributed by atoms with Gasteiger partial charge in [-0.3, -0.25) is 10.1 Å². The van der Waals surface area contributed by atoms with E-state index in [0.717, 1.165) is 22.0 Å². The third kappa shape index (κ3) is 5.28. The monoisotopic (exact) mass is 514 g/mol. The molecule has 0 aliphatic carbocycles. The van der Waals surface area contributed by atoms with Gasteiger partial charge >= 0.3 is 5.97 Å². The number of benzene rings is 2. The molecule has 37 heavy (non-hydrogen) atoms. The molecule has 0 amide bonds. The highest BCUT2D eigenvalue weighted by Crippen LogP contribution is 2.35. The minimum absolute atomic E-state index is 0.115. The van der Waals surface area contributed by atoms with Crippen LogP contribution in [0.5, 0.6) is 0 Å². The van der Waals surface area contributed by atoms with Gasteiger partial charge in [0, 0.05) is 22.7 Å². The maximum atomic E-state index is 11.8. The van der Waals surface area contributed by atoms with E-state index < -0.39 is 5.97 Å². The van der Waals surface area contributed by atoms with Crippen LogP contribution in [0.1, 0.15) is 28.7 Å². The second-order valence-electron chi connectivity index (χ2n) is 8.16. The molecule has 0 aliphatic heterocycles. The molecule has 0 bridgehead atoms. The lowest BCUT2D eigenvalue weighted by molar-refractivity contribution is 0.0525. The van der Waals surface area contributed by atoms with E-state index in [9.17, 15) is 4.79 Å². The van der Waals surface area contributed by atoms with Gasteiger partial charge < -0.3 is 15.2 Å². The van der Waals surface area contributed by atoms with Crippen LogP contribution in [-0.4, -0.2) is 37.7 Å². The summed E-state index contributed by atoms with van der Waals surface area (Å²) < 4.78 is 10.8. The van der Waals surface area contributed by atoms with Gasteiger partial charge in [-0.05, 0) is 31.2 Å². The van der Waals surface area contributed by atoms with Crippen molar-refractivity contribution in [3.05, 3.63) is 89.0 Å². The lowest BCUT2D eigenvalue weighted by atomic mass is 10.0. The predicted octanol–water partition coefficient (Wildman–Crippen LogP) is 5.21. The largest absolute Gasteiger partial charge is 0.462 e. The maximum Gasteiger partial charge on any atom is 0.339 e. The third-order valence-electron chi connectivity index (χ3n) is 5.64. The van der Waals surface area contributed by atoms with Crippen LogP contribution in [0.15, 0.2) is 67.0 Å². The lowest BCUT2D eigenvalue weighted by Crippen LogP contribution is -2.08. The number of hydrogen-bond acceptors (Lipinski definition) is 8. The van der Waals surface area contributed by atoms with Crippen molar-refractivity contribution in [2.75, 3.05) is 12.3 Å². The van der Waals surface area contributed by atoms with E-state index >= 15 is 0 Å². The Morgan fingerprint density at radius 2 is 1.81 bits per heavy atom. The van der Waals surface area contributed by atoms with Crippen LogP contribution in [0.25, 0.3) is 33.4 Å². The molecule has 0 radical (unpaired) electrons. The fourth-order valence-corrected chi connectivity index (χ4v) is 4.10. The number of pyridine rings is 1. The number of nitrogens with one attached hydrogen (secondary N) is 1. The molecule has 3 N–H and O–H groups in total. The number of halogens is 1. The number of hydrogen-bond donors (Lipinski definition) is 2. The number of carbonyl (C=O) groups excluding carboxylic acids is 1. The second kappa shape index (κ2) is 10.7. The van der Waals surface area contributed by atoms with Crippen molar-refractivity contribution in [3.63, 3.8) is 0 Å². The maximum absolute atomic E-state index is 11.8. The predicted molar refractivity (Wildman–Crippen MR) is 141 cm³/mol. The highest BCUT2D eigenvalue weighted by molar-refractivity contribution is 6.35. The molecule has 3 aromatic heterocycles. The average molecular weight is 515 g/mol. The molecule has 0 atom stereocenters. The number of anilines is 1.